The zero-order valence-electron chi connectivity index (χ0n) is 3.83. The summed E-state index contributed by atoms with van der Waals surface area (Å²) in [6.45, 7) is 0. The van der Waals surface area contributed by atoms with Gasteiger partial charge in [0.2, 0.25) is 0 Å². The second-order valence-corrected chi connectivity index (χ2v) is 1.65. The summed E-state index contributed by atoms with van der Waals surface area (Å²) in [6, 6.07) is 0. The summed E-state index contributed by atoms with van der Waals surface area (Å²) in [7, 11) is 0. The molecule has 7 heavy (non-hydrogen) atoms. The van der Waals surface area contributed by atoms with Crippen LogP contribution in [0.5, 0.6) is 0 Å². The lowest BCUT2D eigenvalue weighted by atomic mass is 10.3. The van der Waals surface area contributed by atoms with Gasteiger partial charge < -0.3 is 10.2 Å². The Bertz CT molecular complexity index is 78.1. The van der Waals surface area contributed by atoms with Crippen molar-refractivity contribution in [2.24, 2.45) is 0 Å². The topological polar surface area (TPSA) is 40.5 Å². The molecule has 2 nitrogen and oxygen atoms in total. The number of aliphatic hydroxyl groups excluding tert-OH is 2. The second-order valence-electron chi connectivity index (χ2n) is 1.65. The SMILES string of the molecule is O[C@@H]1C=[C+][C@H](O)C1. The standard InChI is InChI=1S/C5H7O2/c6-4-1-2-5(7)3-4/h1,4-7H,3H2/q+1/t4-,5+/m1/s1. The molecule has 0 aromatic carbocycles. The minimum atomic E-state index is -0.532. The van der Waals surface area contributed by atoms with Crippen molar-refractivity contribution < 1.29 is 10.2 Å². The first-order valence-corrected chi connectivity index (χ1v) is 2.24. The molecule has 0 unspecified atom stereocenters. The van der Waals surface area contributed by atoms with Crippen LogP contribution in [0.25, 0.3) is 0 Å². The molecule has 0 aliphatic heterocycles. The van der Waals surface area contributed by atoms with Crippen LogP contribution in [0, 0.1) is 6.08 Å². The predicted molar refractivity (Wildman–Crippen MR) is 24.4 cm³/mol. The first kappa shape index (κ1) is 4.72. The minimum Gasteiger partial charge on any atom is -0.384 e. The molecule has 1 aliphatic rings. The highest BCUT2D eigenvalue weighted by atomic mass is 16.3. The Kier molecular flexibility index (Phi) is 1.07. The van der Waals surface area contributed by atoms with Crippen LogP contribution >= 0.6 is 0 Å². The van der Waals surface area contributed by atoms with Gasteiger partial charge in [-0.1, -0.05) is 0 Å². The summed E-state index contributed by atoms with van der Waals surface area (Å²) in [5.74, 6) is 0. The average molecular weight is 99.1 g/mol. The number of aliphatic hydroxyl groups is 2. The minimum absolute atomic E-state index is 0.417. The highest BCUT2D eigenvalue weighted by Gasteiger charge is 2.26. The first-order valence-electron chi connectivity index (χ1n) is 2.24. The third-order valence-electron chi connectivity index (χ3n) is 0.946. The van der Waals surface area contributed by atoms with Gasteiger partial charge in [0.25, 0.3) is 12.2 Å². The Morgan fingerprint density at radius 1 is 1.57 bits per heavy atom. The molecule has 38 valence electrons. The fourth-order valence-corrected chi connectivity index (χ4v) is 0.587. The van der Waals surface area contributed by atoms with Crippen molar-refractivity contribution in [1.29, 1.82) is 0 Å². The fraction of sp³-hybridized carbons (Fsp3) is 0.600. The molecule has 2 heteroatoms. The van der Waals surface area contributed by atoms with Crippen molar-refractivity contribution >= 4 is 0 Å². The summed E-state index contributed by atoms with van der Waals surface area (Å²) in [5.41, 5.74) is 0. The lowest BCUT2D eigenvalue weighted by Crippen LogP contribution is -2.04. The third-order valence-corrected chi connectivity index (χ3v) is 0.946. The van der Waals surface area contributed by atoms with Crippen molar-refractivity contribution in [2.45, 2.75) is 18.6 Å². The molecule has 0 radical (unpaired) electrons. The van der Waals surface area contributed by atoms with Crippen LogP contribution in [0.4, 0.5) is 0 Å². The van der Waals surface area contributed by atoms with Crippen LogP contribution in [-0.2, 0) is 0 Å². The Labute approximate surface area is 42.1 Å². The lowest BCUT2D eigenvalue weighted by molar-refractivity contribution is 0.149. The highest BCUT2D eigenvalue weighted by molar-refractivity contribution is 4.96. The van der Waals surface area contributed by atoms with Gasteiger partial charge >= 0.3 is 0 Å². The van der Waals surface area contributed by atoms with E-state index in [-0.39, 0.29) is 0 Å². The third kappa shape index (κ3) is 0.967. The van der Waals surface area contributed by atoms with Crippen LogP contribution in [0.2, 0.25) is 0 Å². The van der Waals surface area contributed by atoms with Crippen LogP contribution in [-0.4, -0.2) is 22.4 Å². The van der Waals surface area contributed by atoms with E-state index in [4.69, 9.17) is 10.2 Å². The van der Waals surface area contributed by atoms with Gasteiger partial charge in [-0.2, -0.15) is 0 Å². The molecular formula is C5H7O2+. The van der Waals surface area contributed by atoms with E-state index in [1.807, 2.05) is 0 Å². The molecule has 0 amide bonds. The number of hydrogen-bond donors (Lipinski definition) is 2. The van der Waals surface area contributed by atoms with Crippen molar-refractivity contribution in [3.05, 3.63) is 12.2 Å². The molecule has 2 atom stereocenters. The summed E-state index contributed by atoms with van der Waals surface area (Å²) >= 11 is 0. The monoisotopic (exact) mass is 99.0 g/mol. The van der Waals surface area contributed by atoms with Crippen LogP contribution < -0.4 is 0 Å². The first-order chi connectivity index (χ1) is 3.29. The normalized spacial score (nSPS) is 38.6. The van der Waals surface area contributed by atoms with E-state index >= 15 is 0 Å². The van der Waals surface area contributed by atoms with Crippen LogP contribution in [0.1, 0.15) is 6.42 Å². The molecule has 0 heterocycles. The largest absolute Gasteiger partial charge is 0.384 e. The summed E-state index contributed by atoms with van der Waals surface area (Å²) in [5, 5.41) is 17.2. The molecule has 0 spiro atoms. The zero-order chi connectivity index (χ0) is 5.28. The Balaban J connectivity index is 2.42. The summed E-state index contributed by atoms with van der Waals surface area (Å²) < 4.78 is 0. The molecule has 0 fully saturated rings. The van der Waals surface area contributed by atoms with E-state index in [1.54, 1.807) is 0 Å². The number of rotatable bonds is 0. The fourth-order valence-electron chi connectivity index (χ4n) is 0.587. The molecule has 0 aromatic heterocycles. The van der Waals surface area contributed by atoms with Crippen molar-refractivity contribution in [1.82, 2.24) is 0 Å². The van der Waals surface area contributed by atoms with Gasteiger partial charge in [0.1, 0.15) is 6.10 Å². The predicted octanol–water partition coefficient (Wildman–Crippen LogP) is -0.529. The van der Waals surface area contributed by atoms with E-state index in [0.29, 0.717) is 6.42 Å². The summed E-state index contributed by atoms with van der Waals surface area (Å²) in [6.07, 6.45) is 3.45. The van der Waals surface area contributed by atoms with E-state index in [0.717, 1.165) is 0 Å². The van der Waals surface area contributed by atoms with Gasteiger partial charge in [-0.15, -0.1) is 0 Å². The van der Waals surface area contributed by atoms with E-state index in [9.17, 15) is 0 Å². The quantitative estimate of drug-likeness (QED) is 0.401. The molecule has 0 saturated heterocycles. The van der Waals surface area contributed by atoms with Crippen molar-refractivity contribution in [3.8, 4) is 0 Å². The Morgan fingerprint density at radius 2 is 2.29 bits per heavy atom. The number of hydrogen-bond acceptors (Lipinski definition) is 2. The molecule has 0 bridgehead atoms. The van der Waals surface area contributed by atoms with Crippen LogP contribution in [0.15, 0.2) is 6.08 Å². The van der Waals surface area contributed by atoms with E-state index in [2.05, 4.69) is 6.08 Å². The Morgan fingerprint density at radius 3 is 2.43 bits per heavy atom. The van der Waals surface area contributed by atoms with Gasteiger partial charge in [-0.05, 0) is 0 Å². The molecule has 0 saturated carbocycles. The van der Waals surface area contributed by atoms with Gasteiger partial charge in [0.05, 0.1) is 6.42 Å². The second kappa shape index (κ2) is 1.58. The van der Waals surface area contributed by atoms with Crippen molar-refractivity contribution in [3.63, 3.8) is 0 Å². The van der Waals surface area contributed by atoms with E-state index < -0.39 is 12.2 Å². The molecular weight excluding hydrogens is 92.1 g/mol. The Hall–Kier alpha value is -0.430. The van der Waals surface area contributed by atoms with Crippen LogP contribution in [0.3, 0.4) is 0 Å². The van der Waals surface area contributed by atoms with E-state index in [1.165, 1.54) is 6.08 Å². The smallest absolute Gasteiger partial charge is 0.276 e. The average Bonchev–Trinajstić information content (AvgIpc) is 1.87. The maximum atomic E-state index is 8.62. The molecule has 0 aromatic rings. The molecule has 2 N–H and O–H groups in total. The molecule has 1 aliphatic carbocycles. The lowest BCUT2D eigenvalue weighted by Gasteiger charge is -1.87. The maximum Gasteiger partial charge on any atom is 0.276 e. The van der Waals surface area contributed by atoms with Gasteiger partial charge in [0, 0.05) is 0 Å². The molecule has 1 rings (SSSR count). The highest BCUT2D eigenvalue weighted by Crippen LogP contribution is 2.07. The zero-order valence-corrected chi connectivity index (χ0v) is 3.83. The summed E-state index contributed by atoms with van der Waals surface area (Å²) in [4.78, 5) is 0. The van der Waals surface area contributed by atoms with Gasteiger partial charge in [-0.3, -0.25) is 0 Å². The maximum absolute atomic E-state index is 8.62. The van der Waals surface area contributed by atoms with Gasteiger partial charge in [-0.25, -0.2) is 0 Å². The van der Waals surface area contributed by atoms with Crippen molar-refractivity contribution in [2.75, 3.05) is 0 Å². The van der Waals surface area contributed by atoms with Gasteiger partial charge in [0.15, 0.2) is 6.08 Å².